The fourth-order valence-electron chi connectivity index (χ4n) is 4.29. The molecule has 0 unspecified atom stereocenters. The highest BCUT2D eigenvalue weighted by Crippen LogP contribution is 2.45. The van der Waals surface area contributed by atoms with Gasteiger partial charge in [-0.15, -0.1) is 0 Å². The van der Waals surface area contributed by atoms with Crippen LogP contribution in [-0.2, 0) is 20.0 Å². The Morgan fingerprint density at radius 3 is 2.82 bits per heavy atom. The van der Waals surface area contributed by atoms with Gasteiger partial charge in [0.25, 0.3) is 5.56 Å². The highest BCUT2D eigenvalue weighted by atomic mass is 35.5. The van der Waals surface area contributed by atoms with Crippen LogP contribution < -0.4 is 11.3 Å². The summed E-state index contributed by atoms with van der Waals surface area (Å²) in [6.45, 7) is 7.96. The first-order chi connectivity index (χ1) is 15.9. The lowest BCUT2D eigenvalue weighted by Gasteiger charge is -2.15. The number of hydrogen-bond donors (Lipinski definition) is 2. The SMILES string of the molecule is [C-]#[N+]c1c(CC2CC2)cc(Cl)c(F)c1-c1c(-c2ccc3c(=O)[nH]nc(CN)c3c2)cnn1C. The van der Waals surface area contributed by atoms with E-state index in [1.54, 1.807) is 42.2 Å². The molecule has 0 spiro atoms. The molecule has 4 aromatic rings. The molecule has 0 saturated heterocycles. The second kappa shape index (κ2) is 8.10. The molecule has 2 aromatic carbocycles. The lowest BCUT2D eigenvalue weighted by Crippen LogP contribution is -2.13. The molecule has 0 amide bonds. The van der Waals surface area contributed by atoms with Crippen molar-refractivity contribution >= 4 is 28.1 Å². The van der Waals surface area contributed by atoms with Gasteiger partial charge in [-0.05, 0) is 54.5 Å². The summed E-state index contributed by atoms with van der Waals surface area (Å²) in [6, 6.07) is 6.82. The minimum atomic E-state index is -0.645. The smallest absolute Gasteiger partial charge is 0.272 e. The van der Waals surface area contributed by atoms with Gasteiger partial charge in [-0.2, -0.15) is 10.2 Å². The van der Waals surface area contributed by atoms with Gasteiger partial charge < -0.3 is 5.73 Å². The Labute approximate surface area is 193 Å². The number of fused-ring (bicyclic) bond motifs is 1. The van der Waals surface area contributed by atoms with Crippen LogP contribution in [0.1, 0.15) is 24.1 Å². The van der Waals surface area contributed by atoms with Crippen molar-refractivity contribution < 1.29 is 4.39 Å². The first-order valence-corrected chi connectivity index (χ1v) is 10.9. The lowest BCUT2D eigenvalue weighted by molar-refractivity contribution is 0.628. The molecule has 1 aliphatic rings. The van der Waals surface area contributed by atoms with Gasteiger partial charge in [-0.25, -0.2) is 14.3 Å². The Bertz CT molecular complexity index is 1510. The van der Waals surface area contributed by atoms with Gasteiger partial charge in [-0.3, -0.25) is 9.48 Å². The number of nitrogens with zero attached hydrogens (tertiary/aromatic N) is 4. The Morgan fingerprint density at radius 2 is 2.12 bits per heavy atom. The Kier molecular flexibility index (Phi) is 5.23. The maximum Gasteiger partial charge on any atom is 0.272 e. The zero-order chi connectivity index (χ0) is 23.3. The van der Waals surface area contributed by atoms with Crippen molar-refractivity contribution in [2.24, 2.45) is 18.7 Å². The number of aromatic amines is 1. The molecule has 0 bridgehead atoms. The maximum absolute atomic E-state index is 15.5. The van der Waals surface area contributed by atoms with Gasteiger partial charge in [0.1, 0.15) is 5.82 Å². The van der Waals surface area contributed by atoms with Crippen LogP contribution in [0.25, 0.3) is 38.0 Å². The van der Waals surface area contributed by atoms with E-state index in [2.05, 4.69) is 20.1 Å². The predicted molar refractivity (Wildman–Crippen MR) is 126 cm³/mol. The van der Waals surface area contributed by atoms with Gasteiger partial charge in [0.15, 0.2) is 0 Å². The summed E-state index contributed by atoms with van der Waals surface area (Å²) in [7, 11) is 1.70. The van der Waals surface area contributed by atoms with Crippen LogP contribution in [0.15, 0.2) is 35.3 Å². The third kappa shape index (κ3) is 3.59. The third-order valence-electron chi connectivity index (χ3n) is 6.14. The summed E-state index contributed by atoms with van der Waals surface area (Å²) < 4.78 is 17.0. The molecule has 2 heterocycles. The van der Waals surface area contributed by atoms with E-state index in [1.165, 1.54) is 0 Å². The maximum atomic E-state index is 15.5. The molecule has 0 aliphatic heterocycles. The first-order valence-electron chi connectivity index (χ1n) is 10.5. The fraction of sp³-hybridized carbons (Fsp3) is 0.250. The van der Waals surface area contributed by atoms with E-state index < -0.39 is 5.82 Å². The second-order valence-corrected chi connectivity index (χ2v) is 8.72. The normalized spacial score (nSPS) is 13.4. The standard InChI is InChI=1S/C24H20ClFN6O/c1-28-22-14(7-12-3-4-12)9-18(25)21(26)20(22)23-17(11-29-32(23)2)13-5-6-15-16(8-13)19(10-27)30-31-24(15)33/h5-6,8-9,11-12H,3-4,7,10,27H2,2H3,(H,31,33). The number of aryl methyl sites for hydroxylation is 1. The van der Waals surface area contributed by atoms with Crippen LogP contribution in [0.3, 0.4) is 0 Å². The zero-order valence-electron chi connectivity index (χ0n) is 17.8. The van der Waals surface area contributed by atoms with E-state index >= 15 is 4.39 Å². The molecule has 1 aliphatic carbocycles. The summed E-state index contributed by atoms with van der Waals surface area (Å²) in [6.07, 6.45) is 4.52. The fourth-order valence-corrected chi connectivity index (χ4v) is 4.52. The van der Waals surface area contributed by atoms with E-state index in [0.29, 0.717) is 45.6 Å². The topological polar surface area (TPSA) is 93.9 Å². The number of benzene rings is 2. The van der Waals surface area contributed by atoms with Crippen LogP contribution in [0.2, 0.25) is 5.02 Å². The third-order valence-corrected chi connectivity index (χ3v) is 6.41. The Morgan fingerprint density at radius 1 is 1.33 bits per heavy atom. The second-order valence-electron chi connectivity index (χ2n) is 8.31. The lowest BCUT2D eigenvalue weighted by atomic mass is 9.94. The van der Waals surface area contributed by atoms with E-state index in [1.807, 2.05) is 0 Å². The monoisotopic (exact) mass is 462 g/mol. The molecule has 0 atom stereocenters. The van der Waals surface area contributed by atoms with Crippen molar-refractivity contribution in [1.29, 1.82) is 0 Å². The van der Waals surface area contributed by atoms with Crippen molar-refractivity contribution in [2.75, 3.05) is 0 Å². The van der Waals surface area contributed by atoms with Crippen molar-refractivity contribution in [3.05, 3.63) is 74.3 Å². The molecule has 7 nitrogen and oxygen atoms in total. The van der Waals surface area contributed by atoms with Crippen LogP contribution in [-0.4, -0.2) is 20.0 Å². The summed E-state index contributed by atoms with van der Waals surface area (Å²) in [5.41, 5.74) is 8.96. The largest absolute Gasteiger partial charge is 0.325 e. The number of H-pyrrole nitrogens is 1. The number of hydrogen-bond acceptors (Lipinski definition) is 4. The zero-order valence-corrected chi connectivity index (χ0v) is 18.6. The molecule has 1 saturated carbocycles. The van der Waals surface area contributed by atoms with E-state index in [-0.39, 0.29) is 28.4 Å². The number of rotatable bonds is 5. The molecule has 33 heavy (non-hydrogen) atoms. The van der Waals surface area contributed by atoms with Crippen molar-refractivity contribution in [3.63, 3.8) is 0 Å². The summed E-state index contributed by atoms with van der Waals surface area (Å²) in [5, 5.41) is 11.9. The van der Waals surface area contributed by atoms with Crippen molar-refractivity contribution in [2.45, 2.75) is 25.8 Å². The number of halogens is 2. The highest BCUT2D eigenvalue weighted by molar-refractivity contribution is 6.31. The van der Waals surface area contributed by atoms with Crippen molar-refractivity contribution in [1.82, 2.24) is 20.0 Å². The molecule has 9 heteroatoms. The Balaban J connectivity index is 1.76. The number of aromatic nitrogens is 4. The summed E-state index contributed by atoms with van der Waals surface area (Å²) in [5.74, 6) is -0.139. The van der Waals surface area contributed by atoms with Gasteiger partial charge in [0, 0.05) is 30.1 Å². The van der Waals surface area contributed by atoms with Crippen molar-refractivity contribution in [3.8, 4) is 22.4 Å². The summed E-state index contributed by atoms with van der Waals surface area (Å²) in [4.78, 5) is 15.9. The molecule has 0 radical (unpaired) electrons. The minimum absolute atomic E-state index is 0.0140. The minimum Gasteiger partial charge on any atom is -0.325 e. The van der Waals surface area contributed by atoms with E-state index in [4.69, 9.17) is 23.9 Å². The molecule has 1 fully saturated rings. The van der Waals surface area contributed by atoms with Crippen LogP contribution >= 0.6 is 11.6 Å². The van der Waals surface area contributed by atoms with E-state index in [9.17, 15) is 4.79 Å². The van der Waals surface area contributed by atoms with Gasteiger partial charge in [0.2, 0.25) is 5.69 Å². The van der Waals surface area contributed by atoms with Gasteiger partial charge in [0.05, 0.1) is 34.6 Å². The number of nitrogens with one attached hydrogen (secondary N) is 1. The average molecular weight is 463 g/mol. The van der Waals surface area contributed by atoms with Gasteiger partial charge >= 0.3 is 0 Å². The van der Waals surface area contributed by atoms with Crippen LogP contribution in [0, 0.1) is 18.3 Å². The first kappa shape index (κ1) is 21.3. The molecular formula is C24H20ClFN6O. The quantitative estimate of drug-likeness (QED) is 0.419. The predicted octanol–water partition coefficient (Wildman–Crippen LogP) is 4.75. The molecule has 3 N–H and O–H groups in total. The summed E-state index contributed by atoms with van der Waals surface area (Å²) >= 11 is 6.29. The molecule has 5 rings (SSSR count). The number of nitrogens with two attached hydrogens (primary N) is 1. The highest BCUT2D eigenvalue weighted by Gasteiger charge is 2.28. The van der Waals surface area contributed by atoms with Gasteiger partial charge in [-0.1, -0.05) is 17.7 Å². The van der Waals surface area contributed by atoms with Crippen LogP contribution in [0.4, 0.5) is 10.1 Å². The average Bonchev–Trinajstić information content (AvgIpc) is 3.55. The molecule has 166 valence electrons. The Hall–Kier alpha value is -3.54. The molecular weight excluding hydrogens is 443 g/mol. The molecule has 2 aromatic heterocycles. The van der Waals surface area contributed by atoms with E-state index in [0.717, 1.165) is 18.4 Å². The van der Waals surface area contributed by atoms with Crippen LogP contribution in [0.5, 0.6) is 0 Å².